The first kappa shape index (κ1) is 21.8. The second-order valence-corrected chi connectivity index (χ2v) is 8.72. The Labute approximate surface area is 173 Å². The molecule has 2 aromatic carbocycles. The van der Waals surface area contributed by atoms with Crippen LogP contribution in [0.3, 0.4) is 0 Å². The van der Waals surface area contributed by atoms with Gasteiger partial charge in [-0.3, -0.25) is 19.8 Å². The number of nitro groups is 1. The molecule has 160 valence electrons. The van der Waals surface area contributed by atoms with Gasteiger partial charge in [0.05, 0.1) is 11.0 Å². The van der Waals surface area contributed by atoms with Crippen LogP contribution < -0.4 is 5.32 Å². The van der Waals surface area contributed by atoms with Gasteiger partial charge in [0.25, 0.3) is 5.69 Å². The number of sulfonamides is 1. The van der Waals surface area contributed by atoms with Gasteiger partial charge in [0.15, 0.2) is 0 Å². The number of amides is 1. The van der Waals surface area contributed by atoms with E-state index in [0.29, 0.717) is 0 Å². The monoisotopic (exact) mass is 436 g/mol. The van der Waals surface area contributed by atoms with Crippen LogP contribution in [-0.4, -0.2) is 60.7 Å². The number of anilines is 1. The van der Waals surface area contributed by atoms with E-state index in [9.17, 15) is 27.7 Å². The van der Waals surface area contributed by atoms with Gasteiger partial charge in [-0.05, 0) is 25.1 Å². The molecule has 0 saturated carbocycles. The Morgan fingerprint density at radius 2 is 1.70 bits per heavy atom. The Morgan fingerprint density at radius 3 is 2.33 bits per heavy atom. The maximum absolute atomic E-state index is 13.9. The van der Waals surface area contributed by atoms with Crippen LogP contribution >= 0.6 is 0 Å². The van der Waals surface area contributed by atoms with Gasteiger partial charge in [0.2, 0.25) is 15.9 Å². The van der Waals surface area contributed by atoms with E-state index in [2.05, 4.69) is 5.32 Å². The Hall–Kier alpha value is -2.89. The minimum absolute atomic E-state index is 0.0970. The van der Waals surface area contributed by atoms with Gasteiger partial charge in [-0.1, -0.05) is 24.3 Å². The molecule has 0 aromatic heterocycles. The predicted octanol–water partition coefficient (Wildman–Crippen LogP) is 2.07. The molecule has 0 bridgehead atoms. The van der Waals surface area contributed by atoms with Crippen molar-refractivity contribution in [1.82, 2.24) is 9.21 Å². The van der Waals surface area contributed by atoms with E-state index in [1.54, 1.807) is 17.9 Å². The molecule has 1 atom stereocenters. The lowest BCUT2D eigenvalue weighted by Crippen LogP contribution is -2.54. The number of hydrogen-bond acceptors (Lipinski definition) is 6. The van der Waals surface area contributed by atoms with Gasteiger partial charge in [-0.2, -0.15) is 4.31 Å². The number of carbonyl (C=O) groups is 1. The average Bonchev–Trinajstić information content (AvgIpc) is 2.73. The highest BCUT2D eigenvalue weighted by molar-refractivity contribution is 7.89. The van der Waals surface area contributed by atoms with Crippen LogP contribution in [0.15, 0.2) is 53.4 Å². The number of carbonyl (C=O) groups excluding carboxylic acids is 1. The molecule has 1 amide bonds. The molecular formula is C19H21FN4O5S. The number of hydrogen-bond donors (Lipinski definition) is 1. The Kier molecular flexibility index (Phi) is 6.44. The number of para-hydroxylation sites is 2. The summed E-state index contributed by atoms with van der Waals surface area (Å²) in [7, 11) is -3.97. The first-order chi connectivity index (χ1) is 14.2. The molecule has 30 heavy (non-hydrogen) atoms. The zero-order valence-corrected chi connectivity index (χ0v) is 17.0. The van der Waals surface area contributed by atoms with E-state index in [1.165, 1.54) is 40.7 Å². The first-order valence-corrected chi connectivity index (χ1v) is 10.7. The molecule has 0 aliphatic carbocycles. The van der Waals surface area contributed by atoms with E-state index in [0.717, 1.165) is 6.07 Å². The predicted molar refractivity (Wildman–Crippen MR) is 108 cm³/mol. The minimum atomic E-state index is -3.97. The zero-order valence-electron chi connectivity index (χ0n) is 16.2. The van der Waals surface area contributed by atoms with E-state index >= 15 is 0 Å². The third kappa shape index (κ3) is 4.48. The van der Waals surface area contributed by atoms with Crippen molar-refractivity contribution in [2.75, 3.05) is 31.5 Å². The van der Waals surface area contributed by atoms with Crippen LogP contribution in [0, 0.1) is 15.9 Å². The SMILES string of the molecule is CC(C(=O)Nc1ccccc1[N+](=O)[O-])N1CCN(S(=O)(=O)c2ccccc2F)CC1. The maximum Gasteiger partial charge on any atom is 0.292 e. The number of nitrogens with zero attached hydrogens (tertiary/aromatic N) is 3. The average molecular weight is 436 g/mol. The lowest BCUT2D eigenvalue weighted by atomic mass is 10.2. The molecule has 3 rings (SSSR count). The van der Waals surface area contributed by atoms with Gasteiger partial charge < -0.3 is 5.32 Å². The fourth-order valence-electron chi connectivity index (χ4n) is 3.27. The Bertz CT molecular complexity index is 1050. The van der Waals surface area contributed by atoms with Crippen LogP contribution in [-0.2, 0) is 14.8 Å². The second-order valence-electron chi connectivity index (χ2n) is 6.81. The zero-order chi connectivity index (χ0) is 21.9. The summed E-state index contributed by atoms with van der Waals surface area (Å²) >= 11 is 0. The molecule has 1 aliphatic rings. The van der Waals surface area contributed by atoms with Crippen molar-refractivity contribution in [3.63, 3.8) is 0 Å². The minimum Gasteiger partial charge on any atom is -0.319 e. The number of rotatable bonds is 6. The van der Waals surface area contributed by atoms with Crippen molar-refractivity contribution in [1.29, 1.82) is 0 Å². The summed E-state index contributed by atoms with van der Waals surface area (Å²) < 4.78 is 40.5. The summed E-state index contributed by atoms with van der Waals surface area (Å²) in [5, 5.41) is 13.7. The fraction of sp³-hybridized carbons (Fsp3) is 0.316. The van der Waals surface area contributed by atoms with Crippen molar-refractivity contribution in [3.05, 3.63) is 64.5 Å². The van der Waals surface area contributed by atoms with Crippen LogP contribution in [0.1, 0.15) is 6.92 Å². The quantitative estimate of drug-likeness (QED) is 0.548. The van der Waals surface area contributed by atoms with Crippen molar-refractivity contribution in [3.8, 4) is 0 Å². The van der Waals surface area contributed by atoms with Gasteiger partial charge in [0, 0.05) is 32.2 Å². The van der Waals surface area contributed by atoms with Crippen molar-refractivity contribution < 1.29 is 22.5 Å². The molecule has 0 radical (unpaired) electrons. The molecule has 1 heterocycles. The van der Waals surface area contributed by atoms with Gasteiger partial charge in [-0.15, -0.1) is 0 Å². The van der Waals surface area contributed by atoms with Crippen LogP contribution in [0.2, 0.25) is 0 Å². The smallest absolute Gasteiger partial charge is 0.292 e. The van der Waals surface area contributed by atoms with E-state index in [1.807, 2.05) is 0 Å². The molecule has 1 fully saturated rings. The number of benzene rings is 2. The van der Waals surface area contributed by atoms with E-state index < -0.39 is 32.7 Å². The summed E-state index contributed by atoms with van der Waals surface area (Å²) in [6, 6.07) is 10.4. The number of piperazine rings is 1. The molecule has 2 aromatic rings. The van der Waals surface area contributed by atoms with Crippen LogP contribution in [0.25, 0.3) is 0 Å². The topological polar surface area (TPSA) is 113 Å². The Morgan fingerprint density at radius 1 is 1.10 bits per heavy atom. The molecule has 11 heteroatoms. The largest absolute Gasteiger partial charge is 0.319 e. The lowest BCUT2D eigenvalue weighted by Gasteiger charge is -2.36. The van der Waals surface area contributed by atoms with E-state index in [-0.39, 0.29) is 42.4 Å². The van der Waals surface area contributed by atoms with Crippen molar-refractivity contribution in [2.45, 2.75) is 17.9 Å². The van der Waals surface area contributed by atoms with Gasteiger partial charge in [-0.25, -0.2) is 12.8 Å². The molecular weight excluding hydrogens is 415 g/mol. The number of nitrogens with one attached hydrogen (secondary N) is 1. The molecule has 1 aliphatic heterocycles. The lowest BCUT2D eigenvalue weighted by molar-refractivity contribution is -0.383. The van der Waals surface area contributed by atoms with Gasteiger partial charge in [0.1, 0.15) is 16.4 Å². The molecule has 0 spiro atoms. The summed E-state index contributed by atoms with van der Waals surface area (Å²) in [5.41, 5.74) is -0.112. The Balaban J connectivity index is 1.64. The summed E-state index contributed by atoms with van der Waals surface area (Å²) in [6.45, 7) is 2.36. The number of halogens is 1. The molecule has 1 N–H and O–H groups in total. The highest BCUT2D eigenvalue weighted by Gasteiger charge is 2.33. The summed E-state index contributed by atoms with van der Waals surface area (Å²) in [5.74, 6) is -1.24. The van der Waals surface area contributed by atoms with Gasteiger partial charge >= 0.3 is 0 Å². The van der Waals surface area contributed by atoms with Crippen LogP contribution in [0.4, 0.5) is 15.8 Å². The van der Waals surface area contributed by atoms with E-state index in [4.69, 9.17) is 0 Å². The highest BCUT2D eigenvalue weighted by Crippen LogP contribution is 2.24. The summed E-state index contributed by atoms with van der Waals surface area (Å²) in [6.07, 6.45) is 0. The highest BCUT2D eigenvalue weighted by atomic mass is 32.2. The normalized spacial score (nSPS) is 16.7. The standard InChI is InChI=1S/C19H21FN4O5S/c1-14(19(25)21-16-7-3-4-8-17(16)24(26)27)22-10-12-23(13-11-22)30(28,29)18-9-5-2-6-15(18)20/h2-9,14H,10-13H2,1H3,(H,21,25). The third-order valence-electron chi connectivity index (χ3n) is 5.01. The molecule has 1 saturated heterocycles. The van der Waals surface area contributed by atoms with Crippen LogP contribution in [0.5, 0.6) is 0 Å². The first-order valence-electron chi connectivity index (χ1n) is 9.25. The fourth-order valence-corrected chi connectivity index (χ4v) is 4.75. The maximum atomic E-state index is 13.9. The van der Waals surface area contributed by atoms with Crippen molar-refractivity contribution in [2.24, 2.45) is 0 Å². The molecule has 9 nitrogen and oxygen atoms in total. The second kappa shape index (κ2) is 8.86. The number of nitro benzene ring substituents is 1. The van der Waals surface area contributed by atoms with Crippen molar-refractivity contribution >= 4 is 27.3 Å². The molecule has 1 unspecified atom stereocenters. The summed E-state index contributed by atoms with van der Waals surface area (Å²) in [4.78, 5) is 24.5. The third-order valence-corrected chi connectivity index (χ3v) is 6.95.